The van der Waals surface area contributed by atoms with E-state index >= 15 is 0 Å². The molecule has 2 amide bonds. The van der Waals surface area contributed by atoms with E-state index in [1.54, 1.807) is 0 Å². The van der Waals surface area contributed by atoms with Crippen molar-refractivity contribution in [3.8, 4) is 0 Å². The summed E-state index contributed by atoms with van der Waals surface area (Å²) < 4.78 is 5.83. The first kappa shape index (κ1) is 22.6. The van der Waals surface area contributed by atoms with Gasteiger partial charge in [-0.2, -0.15) is 0 Å². The Kier molecular flexibility index (Phi) is 7.18. The number of amides is 2. The Hall–Kier alpha value is -0.560. The minimum atomic E-state index is -0.140. The Morgan fingerprint density at radius 3 is 2.17 bits per heavy atom. The number of fused-ring (bicyclic) bond motifs is 3. The topological polar surface area (TPSA) is 79.5 Å². The second kappa shape index (κ2) is 9.51. The van der Waals surface area contributed by atoms with E-state index in [9.17, 15) is 9.59 Å². The van der Waals surface area contributed by atoms with Crippen molar-refractivity contribution in [3.63, 3.8) is 0 Å². The molecule has 170 valence electrons. The standard InChI is InChI=1S/C22H35Cl2N3O3/c23-16-5-4-15(13-17(16)24)30-14-19(28)26-21-6-9-22(10-7-21,11-8-21)27-20(29)18-3-1-2-12-25-18/h15-18,25H,1-14H2,(H,26,28)(H,27,29). The van der Waals surface area contributed by atoms with Crippen LogP contribution in [0.4, 0.5) is 0 Å². The lowest BCUT2D eigenvalue weighted by molar-refractivity contribution is -0.134. The summed E-state index contributed by atoms with van der Waals surface area (Å²) in [4.78, 5) is 25.3. The molecule has 0 spiro atoms. The van der Waals surface area contributed by atoms with Crippen LogP contribution >= 0.6 is 23.2 Å². The highest BCUT2D eigenvalue weighted by Gasteiger charge is 2.50. The molecule has 0 aromatic rings. The van der Waals surface area contributed by atoms with Crippen molar-refractivity contribution in [3.05, 3.63) is 0 Å². The van der Waals surface area contributed by atoms with Crippen molar-refractivity contribution < 1.29 is 14.3 Å². The van der Waals surface area contributed by atoms with E-state index in [2.05, 4.69) is 16.0 Å². The Balaban J connectivity index is 1.22. The lowest BCUT2D eigenvalue weighted by Gasteiger charge is -2.54. The summed E-state index contributed by atoms with van der Waals surface area (Å²) in [6, 6.07) is -0.0416. The number of hydrogen-bond acceptors (Lipinski definition) is 4. The van der Waals surface area contributed by atoms with Gasteiger partial charge >= 0.3 is 0 Å². The van der Waals surface area contributed by atoms with E-state index in [4.69, 9.17) is 27.9 Å². The van der Waals surface area contributed by atoms with Crippen LogP contribution in [0.2, 0.25) is 0 Å². The Labute approximate surface area is 189 Å². The van der Waals surface area contributed by atoms with E-state index in [1.807, 2.05) is 0 Å². The SMILES string of the molecule is O=C(COC1CCC(Cl)C(Cl)C1)NC12CCC(NC(=O)C3CCCCN3)(CC1)CC2. The minimum absolute atomic E-state index is 0.00152. The molecule has 2 bridgehead atoms. The molecule has 1 aliphatic heterocycles. The Morgan fingerprint density at radius 2 is 1.57 bits per heavy atom. The van der Waals surface area contributed by atoms with Gasteiger partial charge in [0.2, 0.25) is 11.8 Å². The van der Waals surface area contributed by atoms with Crippen LogP contribution in [0, 0.1) is 0 Å². The minimum Gasteiger partial charge on any atom is -0.368 e. The first-order valence-electron chi connectivity index (χ1n) is 11.6. The second-order valence-electron chi connectivity index (χ2n) is 9.88. The van der Waals surface area contributed by atoms with Crippen molar-refractivity contribution in [2.45, 2.75) is 111 Å². The number of carbonyl (C=O) groups is 2. The monoisotopic (exact) mass is 459 g/mol. The molecule has 4 aliphatic carbocycles. The van der Waals surface area contributed by atoms with Crippen LogP contribution in [0.1, 0.15) is 77.0 Å². The highest BCUT2D eigenvalue weighted by atomic mass is 35.5. The number of alkyl halides is 2. The van der Waals surface area contributed by atoms with Crippen LogP contribution < -0.4 is 16.0 Å². The molecular formula is C22H35Cl2N3O3. The highest BCUT2D eigenvalue weighted by molar-refractivity contribution is 6.30. The number of rotatable bonds is 6. The quantitative estimate of drug-likeness (QED) is 0.533. The van der Waals surface area contributed by atoms with Gasteiger partial charge in [-0.3, -0.25) is 9.59 Å². The molecule has 8 heteroatoms. The van der Waals surface area contributed by atoms with Crippen molar-refractivity contribution in [1.29, 1.82) is 0 Å². The maximum atomic E-state index is 12.7. The van der Waals surface area contributed by atoms with Gasteiger partial charge in [0.05, 0.1) is 22.9 Å². The molecule has 1 heterocycles. The summed E-state index contributed by atoms with van der Waals surface area (Å²) in [6.45, 7) is 1.01. The predicted octanol–water partition coefficient (Wildman–Crippen LogP) is 2.99. The molecule has 5 rings (SSSR count). The summed E-state index contributed by atoms with van der Waals surface area (Å²) in [5.74, 6) is 0.116. The Bertz CT molecular complexity index is 617. The molecule has 1 saturated heterocycles. The predicted molar refractivity (Wildman–Crippen MR) is 118 cm³/mol. The maximum Gasteiger partial charge on any atom is 0.246 e. The van der Waals surface area contributed by atoms with Crippen molar-refractivity contribution in [1.82, 2.24) is 16.0 Å². The van der Waals surface area contributed by atoms with Crippen LogP contribution in [0.5, 0.6) is 0 Å². The number of carbonyl (C=O) groups excluding carboxylic acids is 2. The third kappa shape index (κ3) is 5.25. The molecule has 30 heavy (non-hydrogen) atoms. The largest absolute Gasteiger partial charge is 0.368 e. The maximum absolute atomic E-state index is 12.7. The zero-order chi connectivity index (χ0) is 21.2. The van der Waals surface area contributed by atoms with Gasteiger partial charge in [-0.15, -0.1) is 23.2 Å². The van der Waals surface area contributed by atoms with Crippen LogP contribution in [-0.2, 0) is 14.3 Å². The van der Waals surface area contributed by atoms with Gasteiger partial charge < -0.3 is 20.7 Å². The molecule has 4 saturated carbocycles. The highest BCUT2D eigenvalue weighted by Crippen LogP contribution is 2.47. The first-order valence-corrected chi connectivity index (χ1v) is 12.5. The molecule has 3 N–H and O–H groups in total. The van der Waals surface area contributed by atoms with Crippen LogP contribution in [0.3, 0.4) is 0 Å². The molecule has 5 fully saturated rings. The fraction of sp³-hybridized carbons (Fsp3) is 0.909. The van der Waals surface area contributed by atoms with E-state index in [-0.39, 0.29) is 52.4 Å². The van der Waals surface area contributed by atoms with E-state index < -0.39 is 0 Å². The number of piperidine rings is 1. The normalized spacial score (nSPS) is 41.3. The average molecular weight is 460 g/mol. The fourth-order valence-electron chi connectivity index (χ4n) is 5.70. The molecular weight excluding hydrogens is 425 g/mol. The second-order valence-corrected chi connectivity index (χ2v) is 11.0. The van der Waals surface area contributed by atoms with Gasteiger partial charge in [-0.1, -0.05) is 6.42 Å². The van der Waals surface area contributed by atoms with Gasteiger partial charge in [0.15, 0.2) is 0 Å². The van der Waals surface area contributed by atoms with Crippen LogP contribution in [0.25, 0.3) is 0 Å². The summed E-state index contributed by atoms with van der Waals surface area (Å²) in [5, 5.41) is 9.89. The van der Waals surface area contributed by atoms with Crippen LogP contribution in [0.15, 0.2) is 0 Å². The van der Waals surface area contributed by atoms with Gasteiger partial charge in [0.1, 0.15) is 6.61 Å². The summed E-state index contributed by atoms with van der Waals surface area (Å²) >= 11 is 12.4. The molecule has 0 aromatic carbocycles. The lowest BCUT2D eigenvalue weighted by atomic mass is 9.61. The third-order valence-corrected chi connectivity index (χ3v) is 8.89. The zero-order valence-electron chi connectivity index (χ0n) is 17.7. The van der Waals surface area contributed by atoms with E-state index in [0.29, 0.717) is 6.42 Å². The van der Waals surface area contributed by atoms with E-state index in [1.165, 1.54) is 0 Å². The molecule has 6 nitrogen and oxygen atoms in total. The average Bonchev–Trinajstić information content (AvgIpc) is 2.76. The molecule has 0 radical (unpaired) electrons. The smallest absolute Gasteiger partial charge is 0.246 e. The van der Waals surface area contributed by atoms with Gasteiger partial charge in [-0.05, 0) is 77.2 Å². The molecule has 4 atom stereocenters. The number of halogens is 2. The summed E-state index contributed by atoms with van der Waals surface area (Å²) in [6.07, 6.45) is 11.1. The molecule has 4 unspecified atom stereocenters. The summed E-state index contributed by atoms with van der Waals surface area (Å²) in [5.41, 5.74) is -0.229. The Morgan fingerprint density at radius 1 is 0.900 bits per heavy atom. The van der Waals surface area contributed by atoms with Crippen molar-refractivity contribution in [2.75, 3.05) is 13.2 Å². The number of nitrogens with one attached hydrogen (secondary N) is 3. The van der Waals surface area contributed by atoms with Crippen molar-refractivity contribution >= 4 is 35.0 Å². The van der Waals surface area contributed by atoms with Gasteiger partial charge in [-0.25, -0.2) is 0 Å². The molecule has 5 aliphatic rings. The van der Waals surface area contributed by atoms with Crippen molar-refractivity contribution in [2.24, 2.45) is 0 Å². The van der Waals surface area contributed by atoms with Gasteiger partial charge in [0.25, 0.3) is 0 Å². The lowest BCUT2D eigenvalue weighted by Crippen LogP contribution is -2.65. The third-order valence-electron chi connectivity index (χ3n) is 7.76. The zero-order valence-corrected chi connectivity index (χ0v) is 19.2. The number of ether oxygens (including phenoxy) is 1. The molecule has 0 aromatic heterocycles. The summed E-state index contributed by atoms with van der Waals surface area (Å²) in [7, 11) is 0. The first-order chi connectivity index (χ1) is 14.4. The van der Waals surface area contributed by atoms with Crippen LogP contribution in [-0.4, -0.2) is 58.9 Å². The fourth-order valence-corrected chi connectivity index (χ4v) is 6.26. The number of hydrogen-bond donors (Lipinski definition) is 3. The van der Waals surface area contributed by atoms with Gasteiger partial charge in [0, 0.05) is 11.1 Å². The van der Waals surface area contributed by atoms with E-state index in [0.717, 1.165) is 77.2 Å².